The average Bonchev–Trinajstić information content (AvgIpc) is 2.80. The van der Waals surface area contributed by atoms with E-state index >= 15 is 0 Å². The maximum absolute atomic E-state index is 11.0. The smallest absolute Gasteiger partial charge is 0.225 e. The fourth-order valence-corrected chi connectivity index (χ4v) is 4.30. The fourth-order valence-electron chi connectivity index (χ4n) is 4.30. The summed E-state index contributed by atoms with van der Waals surface area (Å²) in [6.45, 7) is -0.377. The van der Waals surface area contributed by atoms with Crippen molar-refractivity contribution in [3.63, 3.8) is 0 Å². The molecule has 3 saturated heterocycles. The van der Waals surface area contributed by atoms with Crippen molar-refractivity contribution >= 4 is 0 Å². The second-order valence-electron chi connectivity index (χ2n) is 8.56. The first-order valence-electron chi connectivity index (χ1n) is 10.4. The summed E-state index contributed by atoms with van der Waals surface area (Å²) < 4.78 is 21.2. The summed E-state index contributed by atoms with van der Waals surface area (Å²) in [7, 11) is 0. The molecular formula is C18H32O15. The van der Waals surface area contributed by atoms with Crippen LogP contribution in [0.4, 0.5) is 0 Å². The number of hydrogen-bond donors (Lipinski definition) is 11. The second kappa shape index (κ2) is 10.2. The lowest BCUT2D eigenvalue weighted by molar-refractivity contribution is -0.419. The third kappa shape index (κ3) is 4.65. The zero-order chi connectivity index (χ0) is 24.8. The summed E-state index contributed by atoms with van der Waals surface area (Å²) >= 11 is 0. The van der Waals surface area contributed by atoms with E-state index in [9.17, 15) is 56.2 Å². The van der Waals surface area contributed by atoms with Gasteiger partial charge in [0.15, 0.2) is 6.29 Å². The Morgan fingerprint density at radius 2 is 1.27 bits per heavy atom. The molecule has 2 unspecified atom stereocenters. The van der Waals surface area contributed by atoms with Gasteiger partial charge in [0.1, 0.15) is 73.2 Å². The van der Waals surface area contributed by atoms with Gasteiger partial charge in [-0.2, -0.15) is 0 Å². The van der Waals surface area contributed by atoms with E-state index in [1.807, 2.05) is 0 Å². The molecule has 33 heavy (non-hydrogen) atoms. The van der Waals surface area contributed by atoms with Crippen molar-refractivity contribution in [2.24, 2.45) is 0 Å². The van der Waals surface area contributed by atoms with Crippen LogP contribution in [0.15, 0.2) is 0 Å². The van der Waals surface area contributed by atoms with Crippen LogP contribution in [0.2, 0.25) is 0 Å². The van der Waals surface area contributed by atoms with E-state index in [-0.39, 0.29) is 0 Å². The van der Waals surface area contributed by atoms with Gasteiger partial charge in [0.05, 0.1) is 19.3 Å². The van der Waals surface area contributed by atoms with Crippen LogP contribution in [-0.2, 0) is 18.9 Å². The number of aliphatic hydroxyl groups excluding tert-OH is 10. The van der Waals surface area contributed by atoms with Gasteiger partial charge in [-0.1, -0.05) is 0 Å². The number of hydrogen-bond acceptors (Lipinski definition) is 15. The predicted molar refractivity (Wildman–Crippen MR) is 99.9 cm³/mol. The van der Waals surface area contributed by atoms with Crippen LogP contribution < -0.4 is 0 Å². The molecule has 3 rings (SSSR count). The minimum absolute atomic E-state index is 0.760. The van der Waals surface area contributed by atoms with Gasteiger partial charge in [0, 0.05) is 0 Å². The topological polar surface area (TPSA) is 259 Å². The second-order valence-corrected chi connectivity index (χ2v) is 8.56. The van der Waals surface area contributed by atoms with Crippen LogP contribution in [0.5, 0.6) is 0 Å². The fraction of sp³-hybridized carbons (Fsp3) is 1.00. The molecule has 0 spiro atoms. The lowest BCUT2D eigenvalue weighted by Gasteiger charge is -2.53. The number of rotatable bonds is 5. The van der Waals surface area contributed by atoms with Crippen LogP contribution in [0, 0.1) is 0 Å². The number of ether oxygens (including phenoxy) is 4. The SMILES string of the molecule is C[C@@H]1OC(C2(O)O[C@H](CO)[C@@H](O[C@@H]3O[C@H](CO)[C@H](O)[C@H](O)[C@H]3O)[C@H](O)[C@H]2O)[C@@H](O)[C@H](O)[C@@H]1O. The Morgan fingerprint density at radius 3 is 1.85 bits per heavy atom. The summed E-state index contributed by atoms with van der Waals surface area (Å²) in [5, 5.41) is 111. The molecule has 0 aromatic rings. The molecule has 15 nitrogen and oxygen atoms in total. The first kappa shape index (κ1) is 27.0. The predicted octanol–water partition coefficient (Wildman–Crippen LogP) is -7.16. The summed E-state index contributed by atoms with van der Waals surface area (Å²) in [4.78, 5) is 0. The average molecular weight is 488 g/mol. The van der Waals surface area contributed by atoms with E-state index < -0.39 is 105 Å². The highest BCUT2D eigenvalue weighted by Crippen LogP contribution is 2.39. The zero-order valence-electron chi connectivity index (χ0n) is 17.5. The molecule has 0 saturated carbocycles. The van der Waals surface area contributed by atoms with Crippen molar-refractivity contribution in [1.29, 1.82) is 0 Å². The minimum atomic E-state index is -2.89. The van der Waals surface area contributed by atoms with Crippen molar-refractivity contribution in [2.45, 2.75) is 98.4 Å². The van der Waals surface area contributed by atoms with E-state index in [4.69, 9.17) is 18.9 Å². The standard InChI is InChI=1S/C18H32O15/c1-4-7(21)9(23)11(25)16(30-4)18(29)15(28)13(27)14(6(3-20)33-18)32-17-12(26)10(24)8(22)5(2-19)31-17/h4-17,19-29H,2-3H2,1H3/t4-,5+,6+,7+,8-,9+,10-,11-,12+,13-,14+,15+,16?,17-,18?/m0/s1. The Labute approximate surface area is 187 Å². The Morgan fingerprint density at radius 1 is 0.697 bits per heavy atom. The Hall–Kier alpha value is -0.600. The van der Waals surface area contributed by atoms with Gasteiger partial charge in [-0.15, -0.1) is 0 Å². The maximum Gasteiger partial charge on any atom is 0.225 e. The number of aliphatic hydroxyl groups is 11. The molecule has 0 aromatic heterocycles. The maximum atomic E-state index is 11.0. The van der Waals surface area contributed by atoms with Crippen LogP contribution in [0.3, 0.4) is 0 Å². The molecule has 0 aliphatic carbocycles. The summed E-state index contributed by atoms with van der Waals surface area (Å²) in [6.07, 6.45) is -24.4. The molecule has 11 N–H and O–H groups in total. The van der Waals surface area contributed by atoms with Crippen molar-refractivity contribution < 1.29 is 75.1 Å². The summed E-state index contributed by atoms with van der Waals surface area (Å²) in [5.41, 5.74) is 0. The van der Waals surface area contributed by atoms with Crippen LogP contribution >= 0.6 is 0 Å². The highest BCUT2D eigenvalue weighted by Gasteiger charge is 2.63. The molecule has 3 aliphatic rings. The minimum Gasteiger partial charge on any atom is -0.394 e. The van der Waals surface area contributed by atoms with Gasteiger partial charge >= 0.3 is 0 Å². The monoisotopic (exact) mass is 488 g/mol. The van der Waals surface area contributed by atoms with E-state index in [2.05, 4.69) is 0 Å². The normalized spacial score (nSPS) is 56.0. The first-order chi connectivity index (χ1) is 15.4. The van der Waals surface area contributed by atoms with Gasteiger partial charge in [0.2, 0.25) is 5.79 Å². The van der Waals surface area contributed by atoms with Crippen molar-refractivity contribution in [3.05, 3.63) is 0 Å². The first-order valence-corrected chi connectivity index (χ1v) is 10.4. The zero-order valence-corrected chi connectivity index (χ0v) is 17.5. The van der Waals surface area contributed by atoms with Gasteiger partial charge in [0.25, 0.3) is 0 Å². The van der Waals surface area contributed by atoms with Crippen LogP contribution in [0.1, 0.15) is 6.92 Å². The van der Waals surface area contributed by atoms with E-state index in [1.54, 1.807) is 0 Å². The van der Waals surface area contributed by atoms with E-state index in [1.165, 1.54) is 6.92 Å². The molecule has 15 heteroatoms. The van der Waals surface area contributed by atoms with E-state index in [0.717, 1.165) is 0 Å². The highest BCUT2D eigenvalue weighted by molar-refractivity contribution is 5.06. The third-order valence-electron chi connectivity index (χ3n) is 6.37. The largest absolute Gasteiger partial charge is 0.394 e. The molecule has 194 valence electrons. The third-order valence-corrected chi connectivity index (χ3v) is 6.37. The highest BCUT2D eigenvalue weighted by atomic mass is 16.7. The molecular weight excluding hydrogens is 456 g/mol. The molecule has 0 aromatic carbocycles. The Balaban J connectivity index is 1.82. The molecule has 3 aliphatic heterocycles. The van der Waals surface area contributed by atoms with Gasteiger partial charge in [-0.25, -0.2) is 0 Å². The van der Waals surface area contributed by atoms with Crippen LogP contribution in [0.25, 0.3) is 0 Å². The summed E-state index contributed by atoms with van der Waals surface area (Å²) in [6, 6.07) is 0. The molecule has 0 bridgehead atoms. The quantitative estimate of drug-likeness (QED) is 0.172. The lowest BCUT2D eigenvalue weighted by Crippen LogP contribution is -2.75. The van der Waals surface area contributed by atoms with Crippen molar-refractivity contribution in [2.75, 3.05) is 13.2 Å². The molecule has 0 amide bonds. The molecule has 3 heterocycles. The Bertz CT molecular complexity index is 650. The van der Waals surface area contributed by atoms with Gasteiger partial charge in [-0.05, 0) is 6.92 Å². The van der Waals surface area contributed by atoms with Gasteiger partial charge < -0.3 is 75.1 Å². The van der Waals surface area contributed by atoms with E-state index in [0.29, 0.717) is 0 Å². The summed E-state index contributed by atoms with van der Waals surface area (Å²) in [5.74, 6) is -2.89. The van der Waals surface area contributed by atoms with Gasteiger partial charge in [-0.3, -0.25) is 0 Å². The lowest BCUT2D eigenvalue weighted by atomic mass is 9.83. The molecule has 0 radical (unpaired) electrons. The van der Waals surface area contributed by atoms with Crippen LogP contribution in [-0.4, -0.2) is 161 Å². The Kier molecular flexibility index (Phi) is 8.32. The molecule has 3 fully saturated rings. The molecule has 15 atom stereocenters. The van der Waals surface area contributed by atoms with Crippen molar-refractivity contribution in [3.8, 4) is 0 Å². The van der Waals surface area contributed by atoms with Crippen molar-refractivity contribution in [1.82, 2.24) is 0 Å².